The summed E-state index contributed by atoms with van der Waals surface area (Å²) in [6.45, 7) is 1.40. The van der Waals surface area contributed by atoms with Gasteiger partial charge in [0.15, 0.2) is 5.84 Å². The van der Waals surface area contributed by atoms with Gasteiger partial charge in [-0.2, -0.15) is 0 Å². The summed E-state index contributed by atoms with van der Waals surface area (Å²) in [4.78, 5) is 0. The Morgan fingerprint density at radius 2 is 2.42 bits per heavy atom. The predicted molar refractivity (Wildman–Crippen MR) is 75.7 cm³/mol. The van der Waals surface area contributed by atoms with Crippen LogP contribution in [0.1, 0.15) is 24.8 Å². The number of oxime groups is 1. The van der Waals surface area contributed by atoms with E-state index >= 15 is 0 Å². The first-order chi connectivity index (χ1) is 9.20. The Bertz CT molecular complexity index is 459. The molecule has 104 valence electrons. The van der Waals surface area contributed by atoms with Crippen molar-refractivity contribution in [3.05, 3.63) is 28.2 Å². The highest BCUT2D eigenvalue weighted by Gasteiger charge is 2.16. The zero-order valence-electron chi connectivity index (χ0n) is 10.5. The number of halogens is 1. The van der Waals surface area contributed by atoms with E-state index in [0.717, 1.165) is 30.3 Å². The van der Waals surface area contributed by atoms with Crippen molar-refractivity contribution in [2.75, 3.05) is 13.2 Å². The Balaban J connectivity index is 1.98. The van der Waals surface area contributed by atoms with Crippen molar-refractivity contribution in [3.63, 3.8) is 0 Å². The van der Waals surface area contributed by atoms with Crippen LogP contribution in [-0.2, 0) is 4.74 Å². The smallest absolute Gasteiger partial charge is 0.173 e. The lowest BCUT2D eigenvalue weighted by atomic mass is 10.2. The van der Waals surface area contributed by atoms with Gasteiger partial charge in [0.05, 0.1) is 18.3 Å². The molecule has 19 heavy (non-hydrogen) atoms. The monoisotopic (exact) mass is 328 g/mol. The summed E-state index contributed by atoms with van der Waals surface area (Å²) in [5, 5.41) is 11.8. The largest absolute Gasteiger partial charge is 0.493 e. The van der Waals surface area contributed by atoms with Gasteiger partial charge in [0.1, 0.15) is 5.75 Å². The fourth-order valence-electron chi connectivity index (χ4n) is 2.05. The summed E-state index contributed by atoms with van der Waals surface area (Å²) >= 11 is 3.35. The van der Waals surface area contributed by atoms with E-state index in [-0.39, 0.29) is 5.84 Å². The standard InChI is InChI=1S/C13H17BrN2O3/c14-9-3-4-12(11(8-9)13(15)16-17)19-7-5-10-2-1-6-18-10/h3-4,8,10,17H,1-2,5-7H2,(H2,15,16). The van der Waals surface area contributed by atoms with Crippen molar-refractivity contribution in [2.45, 2.75) is 25.4 Å². The van der Waals surface area contributed by atoms with E-state index < -0.39 is 0 Å². The summed E-state index contributed by atoms with van der Waals surface area (Å²) in [6, 6.07) is 5.42. The molecule has 3 N–H and O–H groups in total. The number of ether oxygens (including phenoxy) is 2. The Kier molecular flexibility index (Phi) is 5.04. The highest BCUT2D eigenvalue weighted by molar-refractivity contribution is 9.10. The molecule has 6 heteroatoms. The summed E-state index contributed by atoms with van der Waals surface area (Å²) in [5.41, 5.74) is 6.21. The van der Waals surface area contributed by atoms with E-state index in [1.54, 1.807) is 12.1 Å². The molecule has 1 aliphatic rings. The van der Waals surface area contributed by atoms with Crippen LogP contribution in [0.15, 0.2) is 27.8 Å². The van der Waals surface area contributed by atoms with Gasteiger partial charge >= 0.3 is 0 Å². The summed E-state index contributed by atoms with van der Waals surface area (Å²) in [5.74, 6) is 0.643. The molecule has 1 unspecified atom stereocenters. The third-order valence-corrected chi connectivity index (χ3v) is 3.54. The maximum atomic E-state index is 8.77. The number of hydrogen-bond acceptors (Lipinski definition) is 4. The van der Waals surface area contributed by atoms with Crippen molar-refractivity contribution in [3.8, 4) is 5.75 Å². The highest BCUT2D eigenvalue weighted by Crippen LogP contribution is 2.24. The molecule has 0 radical (unpaired) electrons. The van der Waals surface area contributed by atoms with Crippen LogP contribution in [0.2, 0.25) is 0 Å². The van der Waals surface area contributed by atoms with E-state index in [4.69, 9.17) is 20.4 Å². The molecule has 1 fully saturated rings. The van der Waals surface area contributed by atoms with E-state index in [9.17, 15) is 0 Å². The minimum Gasteiger partial charge on any atom is -0.493 e. The summed E-state index contributed by atoms with van der Waals surface area (Å²) in [6.07, 6.45) is 3.36. The minimum absolute atomic E-state index is 0.0356. The van der Waals surface area contributed by atoms with Gasteiger partial charge in [-0.1, -0.05) is 21.1 Å². The van der Waals surface area contributed by atoms with Gasteiger partial charge in [0.25, 0.3) is 0 Å². The lowest BCUT2D eigenvalue weighted by Gasteiger charge is -2.13. The van der Waals surface area contributed by atoms with Gasteiger partial charge in [-0.3, -0.25) is 0 Å². The second-order valence-electron chi connectivity index (χ2n) is 4.40. The number of amidine groups is 1. The van der Waals surface area contributed by atoms with Crippen molar-refractivity contribution in [1.29, 1.82) is 0 Å². The lowest BCUT2D eigenvalue weighted by molar-refractivity contribution is 0.0903. The predicted octanol–water partition coefficient (Wildman–Crippen LogP) is 2.49. The summed E-state index contributed by atoms with van der Waals surface area (Å²) in [7, 11) is 0. The molecular formula is C13H17BrN2O3. The molecule has 0 spiro atoms. The van der Waals surface area contributed by atoms with Crippen molar-refractivity contribution in [1.82, 2.24) is 0 Å². The quantitative estimate of drug-likeness (QED) is 0.377. The zero-order chi connectivity index (χ0) is 13.7. The molecule has 0 amide bonds. The molecule has 0 aliphatic carbocycles. The van der Waals surface area contributed by atoms with Gasteiger partial charge in [-0.05, 0) is 31.0 Å². The van der Waals surface area contributed by atoms with Crippen molar-refractivity contribution >= 4 is 21.8 Å². The van der Waals surface area contributed by atoms with Gasteiger partial charge in [-0.15, -0.1) is 0 Å². The third-order valence-electron chi connectivity index (χ3n) is 3.05. The van der Waals surface area contributed by atoms with E-state index in [1.807, 2.05) is 6.07 Å². The lowest BCUT2D eigenvalue weighted by Crippen LogP contribution is -2.16. The fourth-order valence-corrected chi connectivity index (χ4v) is 2.42. The molecule has 1 heterocycles. The van der Waals surface area contributed by atoms with Gasteiger partial charge < -0.3 is 20.4 Å². The molecule has 5 nitrogen and oxygen atoms in total. The van der Waals surface area contributed by atoms with Gasteiger partial charge in [0.2, 0.25) is 0 Å². The molecule has 1 aromatic carbocycles. The Morgan fingerprint density at radius 3 is 3.11 bits per heavy atom. The second-order valence-corrected chi connectivity index (χ2v) is 5.31. The third kappa shape index (κ3) is 3.84. The molecule has 0 saturated carbocycles. The number of rotatable bonds is 5. The molecule has 1 atom stereocenters. The minimum atomic E-state index is 0.0356. The summed E-state index contributed by atoms with van der Waals surface area (Å²) < 4.78 is 12.1. The molecule has 2 rings (SSSR count). The number of nitrogens with two attached hydrogens (primary N) is 1. The topological polar surface area (TPSA) is 77.1 Å². The van der Waals surface area contributed by atoms with Crippen LogP contribution in [-0.4, -0.2) is 30.4 Å². The molecule has 1 aliphatic heterocycles. The van der Waals surface area contributed by atoms with E-state index in [0.29, 0.717) is 24.0 Å². The van der Waals surface area contributed by atoms with Crippen LogP contribution < -0.4 is 10.5 Å². The first-order valence-electron chi connectivity index (χ1n) is 6.22. The first-order valence-corrected chi connectivity index (χ1v) is 7.02. The van der Waals surface area contributed by atoms with Crippen LogP contribution in [0.4, 0.5) is 0 Å². The fraction of sp³-hybridized carbons (Fsp3) is 0.462. The molecule has 0 aromatic heterocycles. The van der Waals surface area contributed by atoms with E-state index in [1.165, 1.54) is 0 Å². The van der Waals surface area contributed by atoms with Crippen LogP contribution in [0, 0.1) is 0 Å². The number of nitrogens with zero attached hydrogens (tertiary/aromatic N) is 1. The van der Waals surface area contributed by atoms with Crippen LogP contribution >= 0.6 is 15.9 Å². The number of benzene rings is 1. The normalized spacial score (nSPS) is 19.6. The maximum Gasteiger partial charge on any atom is 0.173 e. The van der Waals surface area contributed by atoms with Crippen molar-refractivity contribution < 1.29 is 14.7 Å². The average Bonchev–Trinajstić information content (AvgIpc) is 2.92. The van der Waals surface area contributed by atoms with Crippen molar-refractivity contribution in [2.24, 2.45) is 10.9 Å². The Labute approximate surface area is 120 Å². The Hall–Kier alpha value is -1.27. The van der Waals surface area contributed by atoms with Gasteiger partial charge in [-0.25, -0.2) is 0 Å². The first kappa shape index (κ1) is 14.1. The maximum absolute atomic E-state index is 8.77. The zero-order valence-corrected chi connectivity index (χ0v) is 12.1. The molecule has 1 aromatic rings. The Morgan fingerprint density at radius 1 is 1.58 bits per heavy atom. The number of hydrogen-bond donors (Lipinski definition) is 2. The SMILES string of the molecule is N/C(=N/O)c1cc(Br)ccc1OCCC1CCCO1. The van der Waals surface area contributed by atoms with Gasteiger partial charge in [0, 0.05) is 17.5 Å². The molecular weight excluding hydrogens is 312 g/mol. The second kappa shape index (κ2) is 6.77. The molecule has 0 bridgehead atoms. The molecule has 1 saturated heterocycles. The van der Waals surface area contributed by atoms with Crippen LogP contribution in [0.5, 0.6) is 5.75 Å². The van der Waals surface area contributed by atoms with Crippen LogP contribution in [0.25, 0.3) is 0 Å². The van der Waals surface area contributed by atoms with E-state index in [2.05, 4.69) is 21.1 Å². The highest BCUT2D eigenvalue weighted by atomic mass is 79.9. The average molecular weight is 329 g/mol. The van der Waals surface area contributed by atoms with Crippen LogP contribution in [0.3, 0.4) is 0 Å².